The summed E-state index contributed by atoms with van der Waals surface area (Å²) in [4.78, 5) is 12.7. The molecule has 1 N–H and O–H groups in total. The van der Waals surface area contributed by atoms with Gasteiger partial charge < -0.3 is 9.84 Å². The van der Waals surface area contributed by atoms with Crippen molar-refractivity contribution >= 4 is 5.97 Å². The number of hydrogen-bond acceptors (Lipinski definition) is 3. The van der Waals surface area contributed by atoms with Crippen molar-refractivity contribution in [1.29, 1.82) is 0 Å². The lowest BCUT2D eigenvalue weighted by Crippen LogP contribution is -2.37. The molecule has 5 heteroatoms. The lowest BCUT2D eigenvalue weighted by Gasteiger charge is -2.23. The van der Waals surface area contributed by atoms with Gasteiger partial charge in [-0.25, -0.2) is 4.39 Å². The molecule has 0 bridgehead atoms. The van der Waals surface area contributed by atoms with E-state index in [-0.39, 0.29) is 5.75 Å². The van der Waals surface area contributed by atoms with E-state index in [1.165, 1.54) is 13.2 Å². The van der Waals surface area contributed by atoms with E-state index in [1.54, 1.807) is 24.1 Å². The largest absolute Gasteiger partial charge is 0.494 e. The second kappa shape index (κ2) is 6.35. The van der Waals surface area contributed by atoms with Crippen LogP contribution in [0, 0.1) is 5.82 Å². The molecule has 0 aliphatic carbocycles. The summed E-state index contributed by atoms with van der Waals surface area (Å²) in [5, 5.41) is 9.04. The number of halogens is 1. The third-order valence-corrected chi connectivity index (χ3v) is 2.85. The average molecular weight is 255 g/mol. The fraction of sp³-hybridized carbons (Fsp3) is 0.462. The van der Waals surface area contributed by atoms with Crippen molar-refractivity contribution in [3.05, 3.63) is 29.6 Å². The third kappa shape index (κ3) is 3.43. The van der Waals surface area contributed by atoms with Gasteiger partial charge in [-0.2, -0.15) is 0 Å². The van der Waals surface area contributed by atoms with Gasteiger partial charge in [-0.3, -0.25) is 9.69 Å². The summed E-state index contributed by atoms with van der Waals surface area (Å²) < 4.78 is 18.1. The van der Waals surface area contributed by atoms with Crippen LogP contribution in [0.15, 0.2) is 18.2 Å². The first-order chi connectivity index (χ1) is 8.49. The van der Waals surface area contributed by atoms with Crippen molar-refractivity contribution in [2.45, 2.75) is 25.9 Å². The number of carbonyl (C=O) groups is 1. The van der Waals surface area contributed by atoms with Crippen LogP contribution in [-0.4, -0.2) is 36.2 Å². The van der Waals surface area contributed by atoms with Gasteiger partial charge in [0.2, 0.25) is 0 Å². The maximum absolute atomic E-state index is 13.2. The van der Waals surface area contributed by atoms with E-state index < -0.39 is 17.8 Å². The van der Waals surface area contributed by atoms with Crippen LogP contribution in [-0.2, 0) is 11.3 Å². The Bertz CT molecular complexity index is 423. The maximum Gasteiger partial charge on any atom is 0.320 e. The Morgan fingerprint density at radius 3 is 2.72 bits per heavy atom. The van der Waals surface area contributed by atoms with Crippen LogP contribution in [0.4, 0.5) is 4.39 Å². The molecule has 0 spiro atoms. The quantitative estimate of drug-likeness (QED) is 0.846. The molecule has 0 radical (unpaired) electrons. The Morgan fingerprint density at radius 1 is 1.56 bits per heavy atom. The molecule has 1 atom stereocenters. The molecular formula is C13H18FNO3. The molecule has 1 rings (SSSR count). The second-order valence-electron chi connectivity index (χ2n) is 4.15. The zero-order chi connectivity index (χ0) is 13.7. The summed E-state index contributed by atoms with van der Waals surface area (Å²) in [7, 11) is 3.14. The van der Waals surface area contributed by atoms with E-state index in [0.717, 1.165) is 5.56 Å². The number of likely N-dealkylation sites (N-methyl/N-ethyl adjacent to an activating group) is 1. The number of rotatable bonds is 6. The zero-order valence-electron chi connectivity index (χ0n) is 10.8. The molecule has 0 saturated carbocycles. The minimum atomic E-state index is -0.853. The number of methoxy groups -OCH3 is 1. The standard InChI is InChI=1S/C13H18FNO3/c1-4-11(13(16)17)15(2)8-9-5-6-10(14)12(7-9)18-3/h5-7,11H,4,8H2,1-3H3,(H,16,17)/t11-/m0/s1. The second-order valence-corrected chi connectivity index (χ2v) is 4.15. The number of carboxylic acids is 1. The highest BCUT2D eigenvalue weighted by Crippen LogP contribution is 2.19. The van der Waals surface area contributed by atoms with Crippen LogP contribution in [0.5, 0.6) is 5.75 Å². The number of nitrogens with zero attached hydrogens (tertiary/aromatic N) is 1. The van der Waals surface area contributed by atoms with Gasteiger partial charge >= 0.3 is 5.97 Å². The van der Waals surface area contributed by atoms with Crippen LogP contribution in [0.2, 0.25) is 0 Å². The fourth-order valence-electron chi connectivity index (χ4n) is 1.88. The SMILES string of the molecule is CC[C@@H](C(=O)O)N(C)Cc1ccc(F)c(OC)c1. The van der Waals surface area contributed by atoms with Crippen LogP contribution >= 0.6 is 0 Å². The Kier molecular flexibility index (Phi) is 5.09. The van der Waals surface area contributed by atoms with E-state index >= 15 is 0 Å². The Balaban J connectivity index is 2.81. The molecule has 0 saturated heterocycles. The fourth-order valence-corrected chi connectivity index (χ4v) is 1.88. The van der Waals surface area contributed by atoms with Crippen molar-refractivity contribution in [2.75, 3.05) is 14.2 Å². The number of carboxylic acid groups (broad SMARTS) is 1. The molecule has 0 aromatic heterocycles. The van der Waals surface area contributed by atoms with E-state index in [1.807, 2.05) is 6.92 Å². The summed E-state index contributed by atoms with van der Waals surface area (Å²) in [6.07, 6.45) is 0.518. The predicted octanol–water partition coefficient (Wildman–Crippen LogP) is 2.13. The van der Waals surface area contributed by atoms with Gasteiger partial charge in [-0.15, -0.1) is 0 Å². The van der Waals surface area contributed by atoms with E-state index in [4.69, 9.17) is 9.84 Å². The van der Waals surface area contributed by atoms with Crippen LogP contribution in [0.1, 0.15) is 18.9 Å². The van der Waals surface area contributed by atoms with Crippen LogP contribution < -0.4 is 4.74 Å². The molecule has 0 aliphatic rings. The highest BCUT2D eigenvalue weighted by Gasteiger charge is 2.20. The van der Waals surface area contributed by atoms with Gasteiger partial charge in [-0.1, -0.05) is 13.0 Å². The van der Waals surface area contributed by atoms with Gasteiger partial charge in [-0.05, 0) is 31.2 Å². The Morgan fingerprint density at radius 2 is 2.22 bits per heavy atom. The number of hydrogen-bond donors (Lipinski definition) is 1. The first-order valence-electron chi connectivity index (χ1n) is 5.75. The maximum atomic E-state index is 13.2. The summed E-state index contributed by atoms with van der Waals surface area (Å²) >= 11 is 0. The first-order valence-corrected chi connectivity index (χ1v) is 5.75. The normalized spacial score (nSPS) is 12.5. The van der Waals surface area contributed by atoms with Crippen molar-refractivity contribution in [2.24, 2.45) is 0 Å². The zero-order valence-corrected chi connectivity index (χ0v) is 10.8. The van der Waals surface area contributed by atoms with Gasteiger partial charge in [0.05, 0.1) is 7.11 Å². The van der Waals surface area contributed by atoms with Crippen molar-refractivity contribution < 1.29 is 19.0 Å². The summed E-state index contributed by atoms with van der Waals surface area (Å²) in [5.74, 6) is -1.10. The molecule has 0 aliphatic heterocycles. The average Bonchev–Trinajstić information content (AvgIpc) is 2.32. The van der Waals surface area contributed by atoms with Gasteiger partial charge in [0.1, 0.15) is 6.04 Å². The summed E-state index contributed by atoms with van der Waals surface area (Å²) in [6, 6.07) is 3.99. The molecule has 0 unspecified atom stereocenters. The molecule has 100 valence electrons. The molecule has 1 aromatic carbocycles. The van der Waals surface area contributed by atoms with E-state index in [0.29, 0.717) is 13.0 Å². The van der Waals surface area contributed by atoms with Crippen LogP contribution in [0.25, 0.3) is 0 Å². The van der Waals surface area contributed by atoms with Gasteiger partial charge in [0.25, 0.3) is 0 Å². The predicted molar refractivity (Wildman–Crippen MR) is 66.1 cm³/mol. The first kappa shape index (κ1) is 14.4. The third-order valence-electron chi connectivity index (χ3n) is 2.85. The Hall–Kier alpha value is -1.62. The summed E-state index contributed by atoms with van der Waals surface area (Å²) in [5.41, 5.74) is 0.815. The summed E-state index contributed by atoms with van der Waals surface area (Å²) in [6.45, 7) is 2.25. The molecule has 0 fully saturated rings. The monoisotopic (exact) mass is 255 g/mol. The number of benzene rings is 1. The van der Waals surface area contributed by atoms with Crippen LogP contribution in [0.3, 0.4) is 0 Å². The van der Waals surface area contributed by atoms with Crippen molar-refractivity contribution in [3.8, 4) is 5.75 Å². The van der Waals surface area contributed by atoms with E-state index in [2.05, 4.69) is 0 Å². The number of ether oxygens (including phenoxy) is 1. The van der Waals surface area contributed by atoms with Crippen molar-refractivity contribution in [1.82, 2.24) is 4.90 Å². The molecular weight excluding hydrogens is 237 g/mol. The van der Waals surface area contributed by atoms with Gasteiger partial charge in [0, 0.05) is 6.54 Å². The van der Waals surface area contributed by atoms with E-state index in [9.17, 15) is 9.18 Å². The highest BCUT2D eigenvalue weighted by atomic mass is 19.1. The smallest absolute Gasteiger partial charge is 0.320 e. The molecule has 1 aromatic rings. The lowest BCUT2D eigenvalue weighted by atomic mass is 10.1. The minimum absolute atomic E-state index is 0.171. The molecule has 0 amide bonds. The Labute approximate surface area is 106 Å². The lowest BCUT2D eigenvalue weighted by molar-refractivity contribution is -0.143. The highest BCUT2D eigenvalue weighted by molar-refractivity contribution is 5.73. The van der Waals surface area contributed by atoms with Crippen molar-refractivity contribution in [3.63, 3.8) is 0 Å². The molecule has 0 heterocycles. The minimum Gasteiger partial charge on any atom is -0.494 e. The van der Waals surface area contributed by atoms with Gasteiger partial charge in [0.15, 0.2) is 11.6 Å². The number of aliphatic carboxylic acids is 1. The topological polar surface area (TPSA) is 49.8 Å². The molecule has 4 nitrogen and oxygen atoms in total. The molecule has 18 heavy (non-hydrogen) atoms.